The molecule has 1 amide bonds. The highest BCUT2D eigenvalue weighted by atomic mass is 35.5. The Kier molecular flexibility index (Phi) is 8.03. The molecular weight excluding hydrogens is 312 g/mol. The number of benzene rings is 1. The summed E-state index contributed by atoms with van der Waals surface area (Å²) in [6.07, 6.45) is 3.85. The third-order valence-electron chi connectivity index (χ3n) is 4.73. The van der Waals surface area contributed by atoms with Gasteiger partial charge in [0.25, 0.3) is 0 Å². The number of hydrogen-bond donors (Lipinski definition) is 1. The number of aliphatic hydroxyl groups is 1. The van der Waals surface area contributed by atoms with Crippen LogP contribution in [-0.4, -0.2) is 48.2 Å². The zero-order valence-electron chi connectivity index (χ0n) is 14.4. The summed E-state index contributed by atoms with van der Waals surface area (Å²) in [7, 11) is 1.87. The Bertz CT molecular complexity index is 510. The Labute approximate surface area is 145 Å². The Morgan fingerprint density at radius 1 is 1.35 bits per heavy atom. The van der Waals surface area contributed by atoms with Crippen molar-refractivity contribution in [2.45, 2.75) is 51.6 Å². The topological polar surface area (TPSA) is 43.8 Å². The summed E-state index contributed by atoms with van der Waals surface area (Å²) in [4.78, 5) is 17.1. The van der Waals surface area contributed by atoms with Crippen LogP contribution < -0.4 is 4.90 Å². The van der Waals surface area contributed by atoms with Crippen LogP contribution in [0, 0.1) is 6.92 Å². The quantitative estimate of drug-likeness (QED) is 0.896. The summed E-state index contributed by atoms with van der Waals surface area (Å²) in [5, 5.41) is 9.11. The maximum absolute atomic E-state index is 13.0. The van der Waals surface area contributed by atoms with Gasteiger partial charge in [0.2, 0.25) is 5.91 Å². The molecule has 1 N–H and O–H groups in total. The maximum Gasteiger partial charge on any atom is 0.244 e. The molecule has 130 valence electrons. The van der Waals surface area contributed by atoms with Gasteiger partial charge in [-0.3, -0.25) is 9.69 Å². The minimum absolute atomic E-state index is 0. The van der Waals surface area contributed by atoms with Crippen LogP contribution in [0.3, 0.4) is 0 Å². The first-order valence-electron chi connectivity index (χ1n) is 8.26. The number of halogens is 1. The van der Waals surface area contributed by atoms with Crippen molar-refractivity contribution < 1.29 is 9.90 Å². The third-order valence-corrected chi connectivity index (χ3v) is 4.73. The lowest BCUT2D eigenvalue weighted by molar-refractivity contribution is -0.126. The van der Waals surface area contributed by atoms with Crippen molar-refractivity contribution in [3.8, 4) is 0 Å². The minimum Gasteiger partial charge on any atom is -0.396 e. The Balaban J connectivity index is 0.00000264. The molecule has 0 saturated carbocycles. The van der Waals surface area contributed by atoms with Crippen LogP contribution in [-0.2, 0) is 4.79 Å². The lowest BCUT2D eigenvalue weighted by Gasteiger charge is -2.41. The number of carbonyl (C=O) groups is 1. The zero-order chi connectivity index (χ0) is 16.1. The van der Waals surface area contributed by atoms with Crippen LogP contribution in [0.4, 0.5) is 5.69 Å². The normalized spacial score (nSPS) is 21.6. The molecule has 1 heterocycles. The molecule has 0 aromatic heterocycles. The molecule has 1 aliphatic rings. The molecule has 2 rings (SSSR count). The number of para-hydroxylation sites is 1. The van der Waals surface area contributed by atoms with Crippen LogP contribution in [0.5, 0.6) is 0 Å². The average Bonchev–Trinajstić information content (AvgIpc) is 2.52. The smallest absolute Gasteiger partial charge is 0.244 e. The number of nitrogens with zero attached hydrogens (tertiary/aromatic N) is 2. The summed E-state index contributed by atoms with van der Waals surface area (Å²) in [5.41, 5.74) is 2.09. The van der Waals surface area contributed by atoms with Crippen molar-refractivity contribution in [1.29, 1.82) is 0 Å². The molecule has 5 heteroatoms. The number of likely N-dealkylation sites (tertiary alicyclic amines) is 1. The first-order valence-corrected chi connectivity index (χ1v) is 8.26. The standard InChI is InChI=1S/C18H28N2O2.ClH/c1-14-8-4-5-10-16(14)19(3)18(22)17-11-6-9-15(2)20(17)12-7-13-21;/h4-5,8,10,15,17,21H,6-7,9,11-13H2,1-3H3;1H. The molecule has 0 aliphatic carbocycles. The summed E-state index contributed by atoms with van der Waals surface area (Å²) in [6.45, 7) is 5.18. The van der Waals surface area contributed by atoms with E-state index in [2.05, 4.69) is 11.8 Å². The van der Waals surface area contributed by atoms with E-state index in [1.165, 1.54) is 0 Å². The van der Waals surface area contributed by atoms with E-state index in [1.807, 2.05) is 38.2 Å². The lowest BCUT2D eigenvalue weighted by atomic mass is 9.95. The monoisotopic (exact) mass is 340 g/mol. The van der Waals surface area contributed by atoms with E-state index in [-0.39, 0.29) is 31.0 Å². The molecule has 2 unspecified atom stereocenters. The number of aliphatic hydroxyl groups excluding tert-OH is 1. The highest BCUT2D eigenvalue weighted by molar-refractivity contribution is 5.97. The first-order chi connectivity index (χ1) is 10.6. The molecule has 0 bridgehead atoms. The van der Waals surface area contributed by atoms with Gasteiger partial charge in [0.1, 0.15) is 0 Å². The summed E-state index contributed by atoms with van der Waals surface area (Å²) in [5.74, 6) is 0.166. The second-order valence-electron chi connectivity index (χ2n) is 6.29. The van der Waals surface area contributed by atoms with E-state index in [0.29, 0.717) is 6.04 Å². The molecule has 1 fully saturated rings. The zero-order valence-corrected chi connectivity index (χ0v) is 15.2. The fourth-order valence-electron chi connectivity index (χ4n) is 3.42. The van der Waals surface area contributed by atoms with Crippen molar-refractivity contribution in [1.82, 2.24) is 4.90 Å². The largest absolute Gasteiger partial charge is 0.396 e. The van der Waals surface area contributed by atoms with E-state index in [0.717, 1.165) is 43.5 Å². The predicted molar refractivity (Wildman–Crippen MR) is 97.3 cm³/mol. The second kappa shape index (κ2) is 9.26. The number of piperidine rings is 1. The number of hydrogen-bond acceptors (Lipinski definition) is 3. The summed E-state index contributed by atoms with van der Waals surface area (Å²) in [6, 6.07) is 8.33. The van der Waals surface area contributed by atoms with Gasteiger partial charge in [0.15, 0.2) is 0 Å². The van der Waals surface area contributed by atoms with Gasteiger partial charge >= 0.3 is 0 Å². The van der Waals surface area contributed by atoms with E-state index >= 15 is 0 Å². The number of anilines is 1. The lowest BCUT2D eigenvalue weighted by Crippen LogP contribution is -2.53. The highest BCUT2D eigenvalue weighted by Gasteiger charge is 2.34. The fraction of sp³-hybridized carbons (Fsp3) is 0.611. The first kappa shape index (κ1) is 19.9. The maximum atomic E-state index is 13.0. The van der Waals surface area contributed by atoms with Gasteiger partial charge in [0.05, 0.1) is 6.04 Å². The molecule has 0 spiro atoms. The van der Waals surface area contributed by atoms with Crippen molar-refractivity contribution in [2.24, 2.45) is 0 Å². The second-order valence-corrected chi connectivity index (χ2v) is 6.29. The van der Waals surface area contributed by atoms with E-state index in [1.54, 1.807) is 4.90 Å². The number of likely N-dealkylation sites (N-methyl/N-ethyl adjacent to an activating group) is 1. The van der Waals surface area contributed by atoms with Crippen molar-refractivity contribution in [2.75, 3.05) is 25.1 Å². The molecule has 1 aromatic rings. The number of aryl methyl sites for hydroxylation is 1. The highest BCUT2D eigenvalue weighted by Crippen LogP contribution is 2.27. The van der Waals surface area contributed by atoms with Gasteiger partial charge in [-0.2, -0.15) is 0 Å². The fourth-order valence-corrected chi connectivity index (χ4v) is 3.42. The van der Waals surface area contributed by atoms with Gasteiger partial charge in [-0.25, -0.2) is 0 Å². The van der Waals surface area contributed by atoms with Crippen LogP contribution in [0.15, 0.2) is 24.3 Å². The van der Waals surface area contributed by atoms with Gasteiger partial charge in [0, 0.05) is 31.9 Å². The SMILES string of the molecule is Cc1ccccc1N(C)C(=O)C1CCCC(C)N1CCCO.Cl. The number of carbonyl (C=O) groups excluding carboxylic acids is 1. The van der Waals surface area contributed by atoms with Crippen LogP contribution in [0.25, 0.3) is 0 Å². The van der Waals surface area contributed by atoms with Crippen molar-refractivity contribution in [3.63, 3.8) is 0 Å². The molecular formula is C18H29ClN2O2. The van der Waals surface area contributed by atoms with E-state index < -0.39 is 0 Å². The van der Waals surface area contributed by atoms with Crippen LogP contribution in [0.2, 0.25) is 0 Å². The Morgan fingerprint density at radius 2 is 2.04 bits per heavy atom. The van der Waals surface area contributed by atoms with E-state index in [4.69, 9.17) is 5.11 Å². The average molecular weight is 341 g/mol. The third kappa shape index (κ3) is 4.69. The van der Waals surface area contributed by atoms with Crippen LogP contribution >= 0.6 is 12.4 Å². The predicted octanol–water partition coefficient (Wildman–Crippen LogP) is 3.01. The molecule has 1 aliphatic heterocycles. The number of rotatable bonds is 5. The molecule has 2 atom stereocenters. The number of amides is 1. The summed E-state index contributed by atoms with van der Waals surface area (Å²) >= 11 is 0. The Morgan fingerprint density at radius 3 is 2.70 bits per heavy atom. The minimum atomic E-state index is -0.0695. The van der Waals surface area contributed by atoms with Gasteiger partial charge in [-0.15, -0.1) is 12.4 Å². The van der Waals surface area contributed by atoms with Crippen molar-refractivity contribution >= 4 is 24.0 Å². The molecule has 1 saturated heterocycles. The molecule has 0 radical (unpaired) electrons. The van der Waals surface area contributed by atoms with Crippen LogP contribution in [0.1, 0.15) is 38.2 Å². The van der Waals surface area contributed by atoms with Gasteiger partial charge in [-0.1, -0.05) is 18.2 Å². The summed E-state index contributed by atoms with van der Waals surface area (Å²) < 4.78 is 0. The van der Waals surface area contributed by atoms with Gasteiger partial charge < -0.3 is 10.0 Å². The molecule has 23 heavy (non-hydrogen) atoms. The molecule has 1 aromatic carbocycles. The van der Waals surface area contributed by atoms with E-state index in [9.17, 15) is 4.79 Å². The molecule has 4 nitrogen and oxygen atoms in total. The Hall–Kier alpha value is -1.10. The van der Waals surface area contributed by atoms with Gasteiger partial charge in [-0.05, 0) is 51.2 Å². The van der Waals surface area contributed by atoms with Crippen molar-refractivity contribution in [3.05, 3.63) is 29.8 Å².